The van der Waals surface area contributed by atoms with Gasteiger partial charge in [0.2, 0.25) is 23.5 Å². The molecule has 4 N–H and O–H groups in total. The van der Waals surface area contributed by atoms with Gasteiger partial charge in [-0.2, -0.15) is 10.2 Å². The number of halogens is 1. The molecular weight excluding hydrogens is 914 g/mol. The van der Waals surface area contributed by atoms with Crippen molar-refractivity contribution in [3.05, 3.63) is 104 Å². The number of benzene rings is 3. The van der Waals surface area contributed by atoms with Crippen LogP contribution in [0, 0.1) is 20.8 Å². The number of hydrogen-bond acceptors (Lipinski definition) is 15. The summed E-state index contributed by atoms with van der Waals surface area (Å²) in [5.74, 6) is 0.540. The molecule has 5 heterocycles. The van der Waals surface area contributed by atoms with Crippen LogP contribution < -0.4 is 35.5 Å². The van der Waals surface area contributed by atoms with Gasteiger partial charge in [0.15, 0.2) is 23.9 Å². The summed E-state index contributed by atoms with van der Waals surface area (Å²) in [6.45, 7) is 6.85. The van der Waals surface area contributed by atoms with E-state index in [1.165, 1.54) is 14.2 Å². The first-order chi connectivity index (χ1) is 32.8. The lowest BCUT2D eigenvalue weighted by atomic mass is 9.99. The molecule has 1 fully saturated rings. The third-order valence-electron chi connectivity index (χ3n) is 11.8. The summed E-state index contributed by atoms with van der Waals surface area (Å²) >= 11 is 7.89. The molecule has 0 saturated carbocycles. The van der Waals surface area contributed by atoms with Crippen LogP contribution in [0.4, 0.5) is 11.4 Å². The average molecular weight is 965 g/mol. The number of rotatable bonds is 18. The zero-order valence-corrected chi connectivity index (χ0v) is 39.7. The largest absolute Gasteiger partial charge is 0.493 e. The Labute approximate surface area is 400 Å². The summed E-state index contributed by atoms with van der Waals surface area (Å²) in [7, 11) is 2.90. The van der Waals surface area contributed by atoms with Gasteiger partial charge in [0.05, 0.1) is 57.0 Å². The van der Waals surface area contributed by atoms with E-state index in [0.717, 1.165) is 32.3 Å². The molecule has 2 atom stereocenters. The maximum absolute atomic E-state index is 13.4. The number of aromatic nitrogens is 3. The molecule has 2 aromatic heterocycles. The van der Waals surface area contributed by atoms with E-state index in [4.69, 9.17) is 30.8 Å². The fourth-order valence-corrected chi connectivity index (χ4v) is 9.50. The smallest absolute Gasteiger partial charge is 0.257 e. The van der Waals surface area contributed by atoms with Crippen LogP contribution in [0.1, 0.15) is 87.3 Å². The number of azo groups is 1. The van der Waals surface area contributed by atoms with E-state index in [1.54, 1.807) is 46.6 Å². The SMILES string of the molecule is COc1cc(N=Nc2cccc3c2CN(CNC2CCC(=O)NC2=O)C3=O)cc(OC)c1OCC(=O)NCCCCNC(=O)CC1N=C(c2ccc(Cl)cc2)c2c(sc(C)c2C)-n2c(C)nnc21. The number of aryl methyl sites for hydroxylation is 2. The number of carbonyl (C=O) groups is 5. The molecule has 19 nitrogen and oxygen atoms in total. The molecule has 3 aliphatic heterocycles. The first-order valence-electron chi connectivity index (χ1n) is 22.0. The van der Waals surface area contributed by atoms with E-state index in [2.05, 4.69) is 55.5 Å². The van der Waals surface area contributed by atoms with Crippen molar-refractivity contribution in [2.75, 3.05) is 40.6 Å². The minimum atomic E-state index is -0.585. The number of carbonyl (C=O) groups excluding carboxylic acids is 5. The molecule has 3 aromatic carbocycles. The molecule has 8 rings (SSSR count). The van der Waals surface area contributed by atoms with Gasteiger partial charge in [-0.3, -0.25) is 44.2 Å². The zero-order chi connectivity index (χ0) is 48.1. The van der Waals surface area contributed by atoms with Crippen LogP contribution in [0.15, 0.2) is 69.8 Å². The molecular formula is C47H50ClN11O8S. The highest BCUT2D eigenvalue weighted by molar-refractivity contribution is 7.15. The molecule has 0 bridgehead atoms. The number of piperidine rings is 1. The quantitative estimate of drug-likeness (QED) is 0.0451. The summed E-state index contributed by atoms with van der Waals surface area (Å²) in [5, 5.41) is 30.5. The molecule has 0 spiro atoms. The Morgan fingerprint density at radius 2 is 1.66 bits per heavy atom. The first-order valence-corrected chi connectivity index (χ1v) is 23.2. The van der Waals surface area contributed by atoms with Gasteiger partial charge in [-0.15, -0.1) is 21.5 Å². The number of thiophene rings is 1. The van der Waals surface area contributed by atoms with Crippen LogP contribution in [0.25, 0.3) is 5.00 Å². The third kappa shape index (κ3) is 10.3. The standard InChI is InChI=1S/C47H50ClN11O8S/c1-25-26(2)68-47-41(25)42(28-11-13-29(48)14-12-28)52-35(44-57-54-27(3)59(44)47)21-39(61)49-17-6-7-18-50-40(62)23-67-43-36(65-4)19-30(20-37(43)66-5)55-56-33-10-8-9-31-32(33)22-58(46(31)64)24-51-34-15-16-38(60)53-45(34)63/h8-14,19-20,34-35,51H,6-7,15-18,21-24H2,1-5H3,(H,49,61)(H,50,62)(H,53,60,63). The number of fused-ring (bicyclic) bond motifs is 4. The van der Waals surface area contributed by atoms with Gasteiger partial charge >= 0.3 is 0 Å². The van der Waals surface area contributed by atoms with Gasteiger partial charge in [-0.25, -0.2) is 0 Å². The van der Waals surface area contributed by atoms with Crippen molar-refractivity contribution in [2.24, 2.45) is 15.2 Å². The molecule has 1 saturated heterocycles. The number of unbranched alkanes of at least 4 members (excludes halogenated alkanes) is 1. The normalized spacial score (nSPS) is 16.4. The van der Waals surface area contributed by atoms with Crippen molar-refractivity contribution in [1.82, 2.24) is 40.9 Å². The van der Waals surface area contributed by atoms with E-state index in [-0.39, 0.29) is 73.5 Å². The molecule has 0 radical (unpaired) electrons. The van der Waals surface area contributed by atoms with Crippen molar-refractivity contribution in [1.29, 1.82) is 0 Å². The maximum atomic E-state index is 13.4. The predicted octanol–water partition coefficient (Wildman–Crippen LogP) is 6.02. The van der Waals surface area contributed by atoms with Crippen LogP contribution >= 0.6 is 22.9 Å². The highest BCUT2D eigenvalue weighted by atomic mass is 35.5. The van der Waals surface area contributed by atoms with Crippen molar-refractivity contribution >= 4 is 69.6 Å². The van der Waals surface area contributed by atoms with Gasteiger partial charge in [0.1, 0.15) is 16.9 Å². The summed E-state index contributed by atoms with van der Waals surface area (Å²) in [4.78, 5) is 71.0. The number of amides is 5. The van der Waals surface area contributed by atoms with Crippen LogP contribution in [0.3, 0.4) is 0 Å². The molecule has 2 unspecified atom stereocenters. The zero-order valence-electron chi connectivity index (χ0n) is 38.1. The van der Waals surface area contributed by atoms with Crippen LogP contribution in [0.5, 0.6) is 17.2 Å². The number of nitrogens with one attached hydrogen (secondary N) is 4. The second kappa shape index (κ2) is 20.9. The number of methoxy groups -OCH3 is 2. The van der Waals surface area contributed by atoms with Crippen molar-refractivity contribution in [3.8, 4) is 22.2 Å². The molecule has 68 heavy (non-hydrogen) atoms. The van der Waals surface area contributed by atoms with Gasteiger partial charge < -0.3 is 29.7 Å². The number of aliphatic imine (C=N–C) groups is 1. The number of hydrogen-bond donors (Lipinski definition) is 4. The fraction of sp³-hybridized carbons (Fsp3) is 0.362. The van der Waals surface area contributed by atoms with Crippen LogP contribution in [-0.2, 0) is 25.7 Å². The van der Waals surface area contributed by atoms with E-state index in [1.807, 2.05) is 35.8 Å². The highest BCUT2D eigenvalue weighted by Gasteiger charge is 2.34. The third-order valence-corrected chi connectivity index (χ3v) is 13.3. The Kier molecular flexibility index (Phi) is 14.6. The fourth-order valence-electron chi connectivity index (χ4n) is 8.16. The second-order valence-corrected chi connectivity index (χ2v) is 18.0. The topological polar surface area (TPSA) is 232 Å². The lowest BCUT2D eigenvalue weighted by Gasteiger charge is -2.25. The van der Waals surface area contributed by atoms with Gasteiger partial charge in [0.25, 0.3) is 11.8 Å². The molecule has 5 amide bonds. The summed E-state index contributed by atoms with van der Waals surface area (Å²) < 4.78 is 19.0. The van der Waals surface area contributed by atoms with Gasteiger partial charge in [-0.1, -0.05) is 29.8 Å². The second-order valence-electron chi connectivity index (χ2n) is 16.4. The Morgan fingerprint density at radius 1 is 0.941 bits per heavy atom. The lowest BCUT2D eigenvalue weighted by Crippen LogP contribution is -2.53. The molecule has 3 aliphatic rings. The first kappa shape index (κ1) is 47.5. The average Bonchev–Trinajstić information content (AvgIpc) is 3.94. The Bertz CT molecular complexity index is 2820. The van der Waals surface area contributed by atoms with Gasteiger partial charge in [0, 0.05) is 63.8 Å². The lowest BCUT2D eigenvalue weighted by molar-refractivity contribution is -0.135. The van der Waals surface area contributed by atoms with Gasteiger partial charge in [-0.05, 0) is 69.9 Å². The maximum Gasteiger partial charge on any atom is 0.257 e. The van der Waals surface area contributed by atoms with E-state index in [0.29, 0.717) is 71.5 Å². The van der Waals surface area contributed by atoms with Crippen molar-refractivity contribution in [3.63, 3.8) is 0 Å². The number of imide groups is 1. The minimum Gasteiger partial charge on any atom is -0.493 e. The van der Waals surface area contributed by atoms with Crippen LogP contribution in [-0.4, -0.2) is 102 Å². The molecule has 0 aliphatic carbocycles. The van der Waals surface area contributed by atoms with E-state index in [9.17, 15) is 24.0 Å². The van der Waals surface area contributed by atoms with Crippen LogP contribution in [0.2, 0.25) is 5.02 Å². The van der Waals surface area contributed by atoms with Crippen molar-refractivity contribution < 1.29 is 38.2 Å². The van der Waals surface area contributed by atoms with E-state index >= 15 is 0 Å². The summed E-state index contributed by atoms with van der Waals surface area (Å²) in [5.41, 5.74) is 5.77. The van der Waals surface area contributed by atoms with E-state index < -0.39 is 18.0 Å². The molecule has 21 heteroatoms. The molecule has 5 aromatic rings. The summed E-state index contributed by atoms with van der Waals surface area (Å²) in [6, 6.07) is 14.7. The molecule has 354 valence electrons. The minimum absolute atomic E-state index is 0.0674. The van der Waals surface area contributed by atoms with Crippen molar-refractivity contribution in [2.45, 2.75) is 71.5 Å². The number of nitrogens with zero attached hydrogens (tertiary/aromatic N) is 7. The Balaban J connectivity index is 0.813. The Hall–Kier alpha value is -7.03. The highest BCUT2D eigenvalue weighted by Crippen LogP contribution is 2.43. The number of ether oxygens (including phenoxy) is 3. The Morgan fingerprint density at radius 3 is 2.37 bits per heavy atom. The summed E-state index contributed by atoms with van der Waals surface area (Å²) in [6.07, 6.45) is 1.86. The predicted molar refractivity (Wildman–Crippen MR) is 253 cm³/mol. The monoisotopic (exact) mass is 963 g/mol.